The predicted octanol–water partition coefficient (Wildman–Crippen LogP) is 2.15. The van der Waals surface area contributed by atoms with Gasteiger partial charge in [0.05, 0.1) is 17.7 Å². The zero-order chi connectivity index (χ0) is 16.2. The summed E-state index contributed by atoms with van der Waals surface area (Å²) in [5.41, 5.74) is 6.40. The van der Waals surface area contributed by atoms with E-state index in [9.17, 15) is 8.42 Å². The molecule has 2 rings (SSSR count). The minimum absolute atomic E-state index is 0.116. The second kappa shape index (κ2) is 6.63. The Balaban J connectivity index is 2.20. The molecule has 0 radical (unpaired) electrons. The van der Waals surface area contributed by atoms with Gasteiger partial charge in [-0.3, -0.25) is 4.72 Å². The van der Waals surface area contributed by atoms with Gasteiger partial charge in [0, 0.05) is 11.8 Å². The van der Waals surface area contributed by atoms with Crippen molar-refractivity contribution >= 4 is 38.7 Å². The second-order valence-corrected chi connectivity index (χ2v) is 6.47. The van der Waals surface area contributed by atoms with Gasteiger partial charge in [-0.25, -0.2) is 8.42 Å². The van der Waals surface area contributed by atoms with Crippen LogP contribution in [0.25, 0.3) is 0 Å². The standard InChI is InChI=1S/C14H15N3O3S2/c1-20-12-4-2-3-11(9-12)17-22(18,19)13-7-5-10(6-8-13)16-14(15)21/h2-9,17H,1H3,(H3,15,16,21). The Bertz CT molecular complexity index is 774. The highest BCUT2D eigenvalue weighted by Crippen LogP contribution is 2.21. The van der Waals surface area contributed by atoms with E-state index in [2.05, 4.69) is 10.0 Å². The summed E-state index contributed by atoms with van der Waals surface area (Å²) in [7, 11) is -2.17. The summed E-state index contributed by atoms with van der Waals surface area (Å²) in [5, 5.41) is 2.84. The summed E-state index contributed by atoms with van der Waals surface area (Å²) in [5.74, 6) is 0.566. The number of benzene rings is 2. The zero-order valence-corrected chi connectivity index (χ0v) is 13.4. The molecule has 4 N–H and O–H groups in total. The van der Waals surface area contributed by atoms with Gasteiger partial charge in [0.25, 0.3) is 10.0 Å². The van der Waals surface area contributed by atoms with Gasteiger partial charge in [0.15, 0.2) is 5.11 Å². The lowest BCUT2D eigenvalue weighted by molar-refractivity contribution is 0.415. The van der Waals surface area contributed by atoms with Gasteiger partial charge in [0.1, 0.15) is 5.75 Å². The van der Waals surface area contributed by atoms with Crippen LogP contribution in [0.5, 0.6) is 5.75 Å². The van der Waals surface area contributed by atoms with Crippen LogP contribution in [0.3, 0.4) is 0 Å². The summed E-state index contributed by atoms with van der Waals surface area (Å²) in [6.07, 6.45) is 0. The molecule has 0 saturated heterocycles. The Morgan fingerprint density at radius 2 is 1.82 bits per heavy atom. The molecule has 116 valence electrons. The number of methoxy groups -OCH3 is 1. The molecule has 2 aromatic carbocycles. The molecule has 0 aliphatic rings. The molecular weight excluding hydrogens is 322 g/mol. The van der Waals surface area contributed by atoms with Crippen LogP contribution in [0.1, 0.15) is 0 Å². The number of hydrogen-bond donors (Lipinski definition) is 3. The Morgan fingerprint density at radius 1 is 1.14 bits per heavy atom. The van der Waals surface area contributed by atoms with Crippen LogP contribution in [0.15, 0.2) is 53.4 Å². The molecule has 0 amide bonds. The van der Waals surface area contributed by atoms with Crippen molar-refractivity contribution in [2.45, 2.75) is 4.90 Å². The van der Waals surface area contributed by atoms with Gasteiger partial charge in [-0.2, -0.15) is 0 Å². The van der Waals surface area contributed by atoms with E-state index in [1.165, 1.54) is 19.2 Å². The molecule has 0 aliphatic heterocycles. The fraction of sp³-hybridized carbons (Fsp3) is 0.0714. The first-order valence-corrected chi connectivity index (χ1v) is 8.13. The van der Waals surface area contributed by atoms with Crippen molar-refractivity contribution in [1.29, 1.82) is 0 Å². The molecule has 0 aromatic heterocycles. The molecule has 6 nitrogen and oxygen atoms in total. The molecule has 0 fully saturated rings. The Kier molecular flexibility index (Phi) is 4.84. The maximum atomic E-state index is 12.3. The molecule has 0 aliphatic carbocycles. The van der Waals surface area contributed by atoms with Crippen molar-refractivity contribution in [3.05, 3.63) is 48.5 Å². The quantitative estimate of drug-likeness (QED) is 0.724. The van der Waals surface area contributed by atoms with Crippen molar-refractivity contribution in [1.82, 2.24) is 0 Å². The number of rotatable bonds is 5. The normalized spacial score (nSPS) is 10.8. The fourth-order valence-electron chi connectivity index (χ4n) is 1.76. The van der Waals surface area contributed by atoms with Crippen molar-refractivity contribution in [2.75, 3.05) is 17.1 Å². The third-order valence-corrected chi connectivity index (χ3v) is 4.25. The highest BCUT2D eigenvalue weighted by molar-refractivity contribution is 7.92. The van der Waals surface area contributed by atoms with E-state index >= 15 is 0 Å². The molecule has 0 spiro atoms. The Labute approximate surface area is 134 Å². The zero-order valence-electron chi connectivity index (χ0n) is 11.7. The molecular formula is C14H15N3O3S2. The molecule has 0 bridgehead atoms. The summed E-state index contributed by atoms with van der Waals surface area (Å²) >= 11 is 4.72. The van der Waals surface area contributed by atoms with Crippen LogP contribution in [-0.2, 0) is 10.0 Å². The largest absolute Gasteiger partial charge is 0.497 e. The highest BCUT2D eigenvalue weighted by Gasteiger charge is 2.14. The van der Waals surface area contributed by atoms with E-state index in [0.29, 0.717) is 17.1 Å². The first-order chi connectivity index (χ1) is 10.4. The highest BCUT2D eigenvalue weighted by atomic mass is 32.2. The molecule has 2 aromatic rings. The Hall–Kier alpha value is -2.32. The van der Waals surface area contributed by atoms with Gasteiger partial charge >= 0.3 is 0 Å². The number of sulfonamides is 1. The number of ether oxygens (including phenoxy) is 1. The van der Waals surface area contributed by atoms with E-state index in [0.717, 1.165) is 0 Å². The number of anilines is 2. The summed E-state index contributed by atoms with van der Waals surface area (Å²) in [6.45, 7) is 0. The summed E-state index contributed by atoms with van der Waals surface area (Å²) < 4.78 is 32.2. The topological polar surface area (TPSA) is 93.4 Å². The molecule has 0 atom stereocenters. The van der Waals surface area contributed by atoms with E-state index in [1.807, 2.05) is 0 Å². The van der Waals surface area contributed by atoms with E-state index in [-0.39, 0.29) is 10.0 Å². The lowest BCUT2D eigenvalue weighted by Gasteiger charge is -2.10. The first kappa shape index (κ1) is 16.1. The molecule has 0 unspecified atom stereocenters. The molecule has 8 heteroatoms. The molecule has 22 heavy (non-hydrogen) atoms. The number of nitrogens with two attached hydrogens (primary N) is 1. The van der Waals surface area contributed by atoms with E-state index < -0.39 is 10.0 Å². The monoisotopic (exact) mass is 337 g/mol. The molecule has 0 heterocycles. The van der Waals surface area contributed by atoms with E-state index in [4.69, 9.17) is 22.7 Å². The summed E-state index contributed by atoms with van der Waals surface area (Å²) in [4.78, 5) is 0.129. The molecule has 0 saturated carbocycles. The average Bonchev–Trinajstić information content (AvgIpc) is 2.47. The van der Waals surface area contributed by atoms with Crippen LogP contribution >= 0.6 is 12.2 Å². The first-order valence-electron chi connectivity index (χ1n) is 6.24. The minimum Gasteiger partial charge on any atom is -0.497 e. The van der Waals surface area contributed by atoms with Crippen LogP contribution in [-0.4, -0.2) is 20.6 Å². The van der Waals surface area contributed by atoms with Crippen LogP contribution < -0.4 is 20.5 Å². The number of nitrogens with one attached hydrogen (secondary N) is 2. The fourth-order valence-corrected chi connectivity index (χ4v) is 2.93. The van der Waals surface area contributed by atoms with Gasteiger partial charge in [-0.05, 0) is 48.6 Å². The van der Waals surface area contributed by atoms with Crippen LogP contribution in [0, 0.1) is 0 Å². The maximum Gasteiger partial charge on any atom is 0.261 e. The predicted molar refractivity (Wildman–Crippen MR) is 90.7 cm³/mol. The van der Waals surface area contributed by atoms with Crippen LogP contribution in [0.4, 0.5) is 11.4 Å². The van der Waals surface area contributed by atoms with Crippen LogP contribution in [0.2, 0.25) is 0 Å². The minimum atomic E-state index is -3.68. The second-order valence-electron chi connectivity index (χ2n) is 4.35. The van der Waals surface area contributed by atoms with Gasteiger partial charge in [0.2, 0.25) is 0 Å². The maximum absolute atomic E-state index is 12.3. The van der Waals surface area contributed by atoms with Gasteiger partial charge in [-0.15, -0.1) is 0 Å². The van der Waals surface area contributed by atoms with Crippen molar-refractivity contribution < 1.29 is 13.2 Å². The smallest absolute Gasteiger partial charge is 0.261 e. The number of hydrogen-bond acceptors (Lipinski definition) is 4. The van der Waals surface area contributed by atoms with Crippen molar-refractivity contribution in [2.24, 2.45) is 5.73 Å². The lowest BCUT2D eigenvalue weighted by atomic mass is 10.3. The van der Waals surface area contributed by atoms with Crippen molar-refractivity contribution in [3.63, 3.8) is 0 Å². The van der Waals surface area contributed by atoms with Gasteiger partial charge < -0.3 is 15.8 Å². The Morgan fingerprint density at radius 3 is 2.41 bits per heavy atom. The summed E-state index contributed by atoms with van der Waals surface area (Å²) in [6, 6.07) is 12.8. The third-order valence-electron chi connectivity index (χ3n) is 2.75. The van der Waals surface area contributed by atoms with E-state index in [1.54, 1.807) is 36.4 Å². The third kappa shape index (κ3) is 4.09. The lowest BCUT2D eigenvalue weighted by Crippen LogP contribution is -2.19. The SMILES string of the molecule is COc1cccc(NS(=O)(=O)c2ccc(NC(N)=S)cc2)c1. The van der Waals surface area contributed by atoms with Crippen molar-refractivity contribution in [3.8, 4) is 5.75 Å². The number of thiocarbonyl (C=S) groups is 1. The average molecular weight is 337 g/mol. The van der Waals surface area contributed by atoms with Gasteiger partial charge in [-0.1, -0.05) is 6.07 Å².